The van der Waals surface area contributed by atoms with Gasteiger partial charge in [0.15, 0.2) is 0 Å². The Hall–Kier alpha value is -6.15. The molecule has 0 saturated carbocycles. The summed E-state index contributed by atoms with van der Waals surface area (Å²) in [4.78, 5) is 70.9. The van der Waals surface area contributed by atoms with Crippen molar-refractivity contribution in [3.8, 4) is 5.75 Å². The second kappa shape index (κ2) is 15.2. The van der Waals surface area contributed by atoms with Crippen molar-refractivity contribution >= 4 is 51.4 Å². The average Bonchev–Trinajstić information content (AvgIpc) is 3.68. The predicted octanol–water partition coefficient (Wildman–Crippen LogP) is 1.12. The fraction of sp³-hybridized carbons (Fsp3) is 0.229. The van der Waals surface area contributed by atoms with E-state index in [2.05, 4.69) is 25.9 Å². The number of para-hydroxylation sites is 2. The smallest absolute Gasteiger partial charge is 0.326 e. The Morgan fingerprint density at radius 3 is 1.73 bits per heavy atom. The lowest BCUT2D eigenvalue weighted by Crippen LogP contribution is -2.58. The molecule has 0 radical (unpaired) electrons. The predicted molar refractivity (Wildman–Crippen MR) is 181 cm³/mol. The van der Waals surface area contributed by atoms with E-state index in [-0.39, 0.29) is 25.0 Å². The van der Waals surface area contributed by atoms with E-state index in [0.717, 1.165) is 27.4 Å². The molecule has 14 nitrogen and oxygen atoms in total. The maximum Gasteiger partial charge on any atom is 0.326 e. The van der Waals surface area contributed by atoms with Gasteiger partial charge in [-0.25, -0.2) is 4.79 Å². The number of carboxylic acids is 1. The number of phenolic OH excluding ortho intramolecular Hbond substituents is 1. The molecule has 2 aromatic heterocycles. The van der Waals surface area contributed by atoms with Gasteiger partial charge < -0.3 is 47.6 Å². The first kappa shape index (κ1) is 34.2. The molecule has 0 spiro atoms. The van der Waals surface area contributed by atoms with Crippen LogP contribution in [0.3, 0.4) is 0 Å². The average molecular weight is 668 g/mol. The molecule has 5 aromatic rings. The van der Waals surface area contributed by atoms with Crippen LogP contribution < -0.4 is 27.4 Å². The van der Waals surface area contributed by atoms with Crippen LogP contribution in [0.1, 0.15) is 23.1 Å². The molecule has 0 saturated heterocycles. The number of primary amides is 1. The molecule has 254 valence electrons. The molecule has 0 aliphatic heterocycles. The molecule has 5 rings (SSSR count). The Morgan fingerprint density at radius 1 is 0.653 bits per heavy atom. The monoisotopic (exact) mass is 667 g/mol. The summed E-state index contributed by atoms with van der Waals surface area (Å²) in [5.41, 5.74) is 15.4. The Morgan fingerprint density at radius 2 is 1.16 bits per heavy atom. The highest BCUT2D eigenvalue weighted by Crippen LogP contribution is 2.21. The number of aromatic nitrogens is 2. The summed E-state index contributed by atoms with van der Waals surface area (Å²) >= 11 is 0. The maximum atomic E-state index is 13.8. The first-order valence-electron chi connectivity index (χ1n) is 15.5. The first-order valence-corrected chi connectivity index (χ1v) is 15.5. The number of carbonyl (C=O) groups is 5. The molecule has 0 bridgehead atoms. The van der Waals surface area contributed by atoms with Crippen molar-refractivity contribution in [1.29, 1.82) is 0 Å². The van der Waals surface area contributed by atoms with Gasteiger partial charge in [-0.1, -0.05) is 48.5 Å². The number of nitrogens with one attached hydrogen (secondary N) is 5. The summed E-state index contributed by atoms with van der Waals surface area (Å²) in [5, 5.41) is 28.6. The number of hydrogen-bond donors (Lipinski definition) is 9. The molecule has 14 heteroatoms. The molecule has 2 heterocycles. The number of carboxylic acid groups (broad SMARTS) is 1. The molecular weight excluding hydrogens is 630 g/mol. The van der Waals surface area contributed by atoms with Gasteiger partial charge in [0, 0.05) is 47.0 Å². The fourth-order valence-corrected chi connectivity index (χ4v) is 5.66. The first-order chi connectivity index (χ1) is 23.5. The van der Waals surface area contributed by atoms with Gasteiger partial charge in [-0.15, -0.1) is 0 Å². The Balaban J connectivity index is 1.35. The standard InChI is InChI=1S/C35H37N7O7/c36-25(14-20-17-38-26-7-3-1-5-23(20)26)32(45)40-28(15-21-18-39-27-8-4-2-6-24(21)27)33(46)41-29(16-31(37)44)34(47)42-30(35(48)49)13-19-9-11-22(43)12-10-19/h1-12,17-18,25,28-30,38-39,43H,13-16,36H2,(H2,37,44)(H,40,45)(H,41,46)(H,42,47)(H,48,49). The van der Waals surface area contributed by atoms with Gasteiger partial charge in [0.2, 0.25) is 23.6 Å². The summed E-state index contributed by atoms with van der Waals surface area (Å²) in [6.45, 7) is 0. The van der Waals surface area contributed by atoms with E-state index in [1.807, 2.05) is 48.5 Å². The zero-order chi connectivity index (χ0) is 35.1. The van der Waals surface area contributed by atoms with Crippen LogP contribution in [-0.4, -0.2) is 73.9 Å². The third kappa shape index (κ3) is 8.61. The van der Waals surface area contributed by atoms with E-state index < -0.39 is 60.2 Å². The number of rotatable bonds is 15. The molecule has 3 aromatic carbocycles. The van der Waals surface area contributed by atoms with Crippen LogP contribution in [0.25, 0.3) is 21.8 Å². The lowest BCUT2D eigenvalue weighted by molar-refractivity contribution is -0.142. The summed E-state index contributed by atoms with van der Waals surface area (Å²) in [7, 11) is 0. The maximum absolute atomic E-state index is 13.8. The minimum Gasteiger partial charge on any atom is -0.508 e. The highest BCUT2D eigenvalue weighted by atomic mass is 16.4. The van der Waals surface area contributed by atoms with Crippen molar-refractivity contribution in [2.75, 3.05) is 0 Å². The number of aromatic amines is 2. The summed E-state index contributed by atoms with van der Waals surface area (Å²) in [6.07, 6.45) is 2.85. The van der Waals surface area contributed by atoms with Gasteiger partial charge in [0.1, 0.15) is 23.9 Å². The normalized spacial score (nSPS) is 13.7. The number of fused-ring (bicyclic) bond motifs is 2. The van der Waals surface area contributed by atoms with Crippen LogP contribution in [0.15, 0.2) is 85.2 Å². The fourth-order valence-electron chi connectivity index (χ4n) is 5.66. The van der Waals surface area contributed by atoms with Crippen molar-refractivity contribution in [2.45, 2.75) is 49.9 Å². The SMILES string of the molecule is NC(=O)CC(NC(=O)C(Cc1c[nH]c2ccccc12)NC(=O)C(N)Cc1c[nH]c2ccccc12)C(=O)NC(Cc1ccc(O)cc1)C(=O)O. The second-order valence-corrected chi connectivity index (χ2v) is 11.8. The molecule has 11 N–H and O–H groups in total. The third-order valence-electron chi connectivity index (χ3n) is 8.21. The van der Waals surface area contributed by atoms with Crippen LogP contribution in [0.2, 0.25) is 0 Å². The Labute approximate surface area is 280 Å². The van der Waals surface area contributed by atoms with E-state index in [1.165, 1.54) is 24.3 Å². The lowest BCUT2D eigenvalue weighted by Gasteiger charge is -2.25. The largest absolute Gasteiger partial charge is 0.508 e. The third-order valence-corrected chi connectivity index (χ3v) is 8.21. The number of hydrogen-bond acceptors (Lipinski definition) is 7. The van der Waals surface area contributed by atoms with Gasteiger partial charge in [-0.3, -0.25) is 19.2 Å². The summed E-state index contributed by atoms with van der Waals surface area (Å²) < 4.78 is 0. The number of H-pyrrole nitrogens is 2. The number of nitrogens with two attached hydrogens (primary N) is 2. The zero-order valence-electron chi connectivity index (χ0n) is 26.3. The molecule has 4 amide bonds. The van der Waals surface area contributed by atoms with Gasteiger partial charge >= 0.3 is 5.97 Å². The lowest BCUT2D eigenvalue weighted by atomic mass is 10.0. The Bertz CT molecular complexity index is 1990. The van der Waals surface area contributed by atoms with Crippen molar-refractivity contribution < 1.29 is 34.2 Å². The highest BCUT2D eigenvalue weighted by molar-refractivity contribution is 5.97. The molecule has 49 heavy (non-hydrogen) atoms. The van der Waals surface area contributed by atoms with E-state index >= 15 is 0 Å². The summed E-state index contributed by atoms with van der Waals surface area (Å²) in [5.74, 6) is -4.71. The van der Waals surface area contributed by atoms with Crippen molar-refractivity contribution in [3.63, 3.8) is 0 Å². The number of aliphatic carboxylic acids is 1. The van der Waals surface area contributed by atoms with E-state index in [0.29, 0.717) is 11.1 Å². The molecule has 4 atom stereocenters. The number of phenols is 1. The van der Waals surface area contributed by atoms with E-state index in [1.54, 1.807) is 12.4 Å². The summed E-state index contributed by atoms with van der Waals surface area (Å²) in [6, 6.07) is 15.4. The second-order valence-electron chi connectivity index (χ2n) is 11.8. The number of amides is 4. The number of aromatic hydroxyl groups is 1. The molecule has 4 unspecified atom stereocenters. The minimum absolute atomic E-state index is 0.00902. The van der Waals surface area contributed by atoms with Gasteiger partial charge in [-0.05, 0) is 47.4 Å². The topological polar surface area (TPSA) is 246 Å². The number of carbonyl (C=O) groups excluding carboxylic acids is 4. The quantitative estimate of drug-likeness (QED) is 0.0781. The van der Waals surface area contributed by atoms with Crippen molar-refractivity contribution in [3.05, 3.63) is 102 Å². The van der Waals surface area contributed by atoms with Crippen LogP contribution in [0, 0.1) is 0 Å². The van der Waals surface area contributed by atoms with Crippen molar-refractivity contribution in [1.82, 2.24) is 25.9 Å². The van der Waals surface area contributed by atoms with Crippen LogP contribution in [-0.2, 0) is 43.2 Å². The Kier molecular flexibility index (Phi) is 10.6. The van der Waals surface area contributed by atoms with Crippen LogP contribution in [0.5, 0.6) is 5.75 Å². The molecular formula is C35H37N7O7. The van der Waals surface area contributed by atoms with E-state index in [4.69, 9.17) is 11.5 Å². The highest BCUT2D eigenvalue weighted by Gasteiger charge is 2.32. The molecule has 0 fully saturated rings. The minimum atomic E-state index is -1.56. The molecule has 0 aliphatic rings. The van der Waals surface area contributed by atoms with Crippen LogP contribution in [0.4, 0.5) is 0 Å². The van der Waals surface area contributed by atoms with Crippen LogP contribution >= 0.6 is 0 Å². The van der Waals surface area contributed by atoms with Gasteiger partial charge in [0.25, 0.3) is 0 Å². The van der Waals surface area contributed by atoms with Gasteiger partial charge in [-0.2, -0.15) is 0 Å². The van der Waals surface area contributed by atoms with E-state index in [9.17, 15) is 34.2 Å². The number of benzene rings is 3. The van der Waals surface area contributed by atoms with Gasteiger partial charge in [0.05, 0.1) is 12.5 Å². The molecule has 0 aliphatic carbocycles. The van der Waals surface area contributed by atoms with Crippen molar-refractivity contribution in [2.24, 2.45) is 11.5 Å². The zero-order valence-corrected chi connectivity index (χ0v) is 26.3.